The predicted molar refractivity (Wildman–Crippen MR) is 83.6 cm³/mol. The van der Waals surface area contributed by atoms with Gasteiger partial charge in [0.05, 0.1) is 5.69 Å². The van der Waals surface area contributed by atoms with E-state index in [1.54, 1.807) is 15.9 Å². The Balaban J connectivity index is 1.69. The Morgan fingerprint density at radius 2 is 2.24 bits per heavy atom. The zero-order chi connectivity index (χ0) is 14.8. The summed E-state index contributed by atoms with van der Waals surface area (Å²) in [6.07, 6.45) is 6.33. The van der Waals surface area contributed by atoms with E-state index in [9.17, 15) is 4.79 Å². The summed E-state index contributed by atoms with van der Waals surface area (Å²) < 4.78 is 1.59. The van der Waals surface area contributed by atoms with Crippen LogP contribution in [0, 0.1) is 0 Å². The van der Waals surface area contributed by atoms with Crippen molar-refractivity contribution in [3.8, 4) is 0 Å². The highest BCUT2D eigenvalue weighted by molar-refractivity contribution is 7.98. The fourth-order valence-electron chi connectivity index (χ4n) is 2.31. The number of thiazole rings is 1. The Bertz CT molecular complexity index is 641. The van der Waals surface area contributed by atoms with Gasteiger partial charge in [-0.2, -0.15) is 0 Å². The first-order valence-corrected chi connectivity index (χ1v) is 8.72. The van der Waals surface area contributed by atoms with Gasteiger partial charge in [0.25, 0.3) is 0 Å². The van der Waals surface area contributed by atoms with Crippen molar-refractivity contribution in [3.05, 3.63) is 10.6 Å². The van der Waals surface area contributed by atoms with Crippen LogP contribution in [-0.4, -0.2) is 31.9 Å². The van der Waals surface area contributed by atoms with Crippen molar-refractivity contribution in [1.29, 1.82) is 0 Å². The molecule has 0 saturated carbocycles. The van der Waals surface area contributed by atoms with Gasteiger partial charge < -0.3 is 11.1 Å². The van der Waals surface area contributed by atoms with Gasteiger partial charge >= 0.3 is 0 Å². The third-order valence-electron chi connectivity index (χ3n) is 3.32. The van der Waals surface area contributed by atoms with E-state index in [0.717, 1.165) is 18.5 Å². The molecule has 0 spiro atoms. The maximum absolute atomic E-state index is 12.1. The van der Waals surface area contributed by atoms with E-state index >= 15 is 0 Å². The first kappa shape index (κ1) is 14.3. The number of anilines is 2. The molecule has 0 aromatic carbocycles. The molecule has 0 saturated heterocycles. The fourth-order valence-corrected chi connectivity index (χ4v) is 3.87. The number of aryl methyl sites for hydroxylation is 2. The average molecular weight is 324 g/mol. The molecular formula is C12H16N6OS2. The van der Waals surface area contributed by atoms with Gasteiger partial charge in [-0.25, -0.2) is 4.98 Å². The second-order valence-corrected chi connectivity index (χ2v) is 6.63. The molecule has 1 aliphatic rings. The highest BCUT2D eigenvalue weighted by Crippen LogP contribution is 2.29. The van der Waals surface area contributed by atoms with Gasteiger partial charge in [-0.05, 0) is 31.9 Å². The number of thioether (sulfide) groups is 1. The number of carbonyl (C=O) groups is 1. The van der Waals surface area contributed by atoms with Gasteiger partial charge in [0.15, 0.2) is 10.3 Å². The summed E-state index contributed by atoms with van der Waals surface area (Å²) >= 11 is 2.97. The molecule has 1 aliphatic carbocycles. The van der Waals surface area contributed by atoms with Crippen LogP contribution in [0.4, 0.5) is 11.1 Å². The van der Waals surface area contributed by atoms with E-state index in [1.165, 1.54) is 29.5 Å². The Morgan fingerprint density at radius 1 is 1.43 bits per heavy atom. The van der Waals surface area contributed by atoms with E-state index in [-0.39, 0.29) is 18.4 Å². The minimum Gasteiger partial charge on any atom is -0.368 e. The molecule has 2 heterocycles. The Labute approximate surface area is 130 Å². The van der Waals surface area contributed by atoms with Gasteiger partial charge in [-0.1, -0.05) is 11.8 Å². The number of nitrogens with two attached hydrogens (primary N) is 1. The molecule has 2 aromatic rings. The lowest BCUT2D eigenvalue weighted by atomic mass is 10.0. The standard InChI is InChI=1S/C12H16N6OS2/c1-20-12-17-16-10(13)18(12)6-9(19)15-11-14-7-4-2-3-5-8(7)21-11/h2-6H2,1H3,(H2,13,16)(H,14,15,19). The number of nitrogen functional groups attached to an aromatic ring is 1. The maximum atomic E-state index is 12.1. The molecule has 112 valence electrons. The molecular weight excluding hydrogens is 308 g/mol. The zero-order valence-electron chi connectivity index (χ0n) is 11.6. The summed E-state index contributed by atoms with van der Waals surface area (Å²) in [5.74, 6) is 0.0795. The average Bonchev–Trinajstić information content (AvgIpc) is 3.02. The number of carbonyl (C=O) groups excluding carboxylic acids is 1. The number of nitrogens with one attached hydrogen (secondary N) is 1. The van der Waals surface area contributed by atoms with E-state index in [0.29, 0.717) is 10.3 Å². The lowest BCUT2D eigenvalue weighted by Gasteiger charge is -2.06. The summed E-state index contributed by atoms with van der Waals surface area (Å²) in [4.78, 5) is 17.9. The molecule has 7 nitrogen and oxygen atoms in total. The lowest BCUT2D eigenvalue weighted by molar-refractivity contribution is -0.116. The normalized spacial score (nSPS) is 14.0. The molecule has 2 aromatic heterocycles. The first-order chi connectivity index (χ1) is 10.2. The van der Waals surface area contributed by atoms with Crippen LogP contribution >= 0.6 is 23.1 Å². The minimum absolute atomic E-state index is 0.0965. The van der Waals surface area contributed by atoms with Crippen molar-refractivity contribution < 1.29 is 4.79 Å². The Hall–Kier alpha value is -1.61. The van der Waals surface area contributed by atoms with Gasteiger partial charge in [0.1, 0.15) is 6.54 Å². The second kappa shape index (κ2) is 6.02. The van der Waals surface area contributed by atoms with Crippen molar-refractivity contribution >= 4 is 40.1 Å². The summed E-state index contributed by atoms with van der Waals surface area (Å²) in [5.41, 5.74) is 6.86. The molecule has 0 fully saturated rings. The Kier molecular flexibility index (Phi) is 4.11. The number of hydrogen-bond acceptors (Lipinski definition) is 7. The van der Waals surface area contributed by atoms with Crippen LogP contribution in [0.15, 0.2) is 5.16 Å². The third kappa shape index (κ3) is 3.03. The topological polar surface area (TPSA) is 98.7 Å². The van der Waals surface area contributed by atoms with Crippen LogP contribution in [0.3, 0.4) is 0 Å². The number of fused-ring (bicyclic) bond motifs is 1. The van der Waals surface area contributed by atoms with Crippen molar-refractivity contribution in [1.82, 2.24) is 19.7 Å². The first-order valence-electron chi connectivity index (χ1n) is 6.68. The molecule has 0 radical (unpaired) electrons. The number of aromatic nitrogens is 4. The third-order valence-corrected chi connectivity index (χ3v) is 5.06. The summed E-state index contributed by atoms with van der Waals surface area (Å²) in [6.45, 7) is 0.0965. The molecule has 0 unspecified atom stereocenters. The summed E-state index contributed by atoms with van der Waals surface area (Å²) in [7, 11) is 0. The molecule has 1 amide bonds. The molecule has 0 bridgehead atoms. The van der Waals surface area contributed by atoms with Crippen molar-refractivity contribution in [2.75, 3.05) is 17.3 Å². The van der Waals surface area contributed by atoms with E-state index in [2.05, 4.69) is 20.5 Å². The predicted octanol–water partition coefficient (Wildman–Crippen LogP) is 1.56. The zero-order valence-corrected chi connectivity index (χ0v) is 13.3. The highest BCUT2D eigenvalue weighted by atomic mass is 32.2. The maximum Gasteiger partial charge on any atom is 0.246 e. The fraction of sp³-hybridized carbons (Fsp3) is 0.500. The van der Waals surface area contributed by atoms with Crippen LogP contribution in [-0.2, 0) is 24.2 Å². The van der Waals surface area contributed by atoms with Crippen molar-refractivity contribution in [2.45, 2.75) is 37.4 Å². The molecule has 3 N–H and O–H groups in total. The number of amides is 1. The largest absolute Gasteiger partial charge is 0.368 e. The molecule has 9 heteroatoms. The number of rotatable bonds is 4. The SMILES string of the molecule is CSc1nnc(N)n1CC(=O)Nc1nc2c(s1)CCCC2. The van der Waals surface area contributed by atoms with Crippen LogP contribution in [0.25, 0.3) is 0 Å². The molecule has 21 heavy (non-hydrogen) atoms. The lowest BCUT2D eigenvalue weighted by Crippen LogP contribution is -2.20. The minimum atomic E-state index is -0.164. The summed E-state index contributed by atoms with van der Waals surface area (Å²) in [6, 6.07) is 0. The highest BCUT2D eigenvalue weighted by Gasteiger charge is 2.17. The van der Waals surface area contributed by atoms with Gasteiger partial charge in [0, 0.05) is 4.88 Å². The second-order valence-electron chi connectivity index (χ2n) is 4.78. The van der Waals surface area contributed by atoms with Crippen LogP contribution in [0.5, 0.6) is 0 Å². The van der Waals surface area contributed by atoms with Gasteiger partial charge in [0.2, 0.25) is 11.9 Å². The van der Waals surface area contributed by atoms with Crippen LogP contribution in [0.2, 0.25) is 0 Å². The number of nitrogens with zero attached hydrogens (tertiary/aromatic N) is 4. The molecule has 0 atom stereocenters. The quantitative estimate of drug-likeness (QED) is 0.828. The molecule has 3 rings (SSSR count). The van der Waals surface area contributed by atoms with Crippen LogP contribution in [0.1, 0.15) is 23.4 Å². The number of hydrogen-bond donors (Lipinski definition) is 2. The monoisotopic (exact) mass is 324 g/mol. The van der Waals surface area contributed by atoms with Gasteiger partial charge in [-0.3, -0.25) is 9.36 Å². The van der Waals surface area contributed by atoms with E-state index < -0.39 is 0 Å². The smallest absolute Gasteiger partial charge is 0.246 e. The van der Waals surface area contributed by atoms with Crippen molar-refractivity contribution in [3.63, 3.8) is 0 Å². The van der Waals surface area contributed by atoms with E-state index in [4.69, 9.17) is 5.73 Å². The van der Waals surface area contributed by atoms with Gasteiger partial charge in [-0.15, -0.1) is 21.5 Å². The molecule has 0 aliphatic heterocycles. The summed E-state index contributed by atoms with van der Waals surface area (Å²) in [5, 5.41) is 11.8. The van der Waals surface area contributed by atoms with Crippen LogP contribution < -0.4 is 11.1 Å². The van der Waals surface area contributed by atoms with Crippen molar-refractivity contribution in [2.24, 2.45) is 0 Å². The Morgan fingerprint density at radius 3 is 3.00 bits per heavy atom. The van der Waals surface area contributed by atoms with E-state index in [1.807, 2.05) is 6.26 Å².